The van der Waals surface area contributed by atoms with Crippen LogP contribution in [0.3, 0.4) is 0 Å². The maximum absolute atomic E-state index is 11.9. The monoisotopic (exact) mass is 323 g/mol. The summed E-state index contributed by atoms with van der Waals surface area (Å²) in [5.41, 5.74) is 1.22. The second kappa shape index (κ2) is 5.66. The number of nitrogens with one attached hydrogen (secondary N) is 1. The molecule has 1 heterocycles. The van der Waals surface area contributed by atoms with E-state index in [1.165, 1.54) is 5.56 Å². The number of carbonyl (C=O) groups is 1. The Morgan fingerprint density at radius 3 is 2.79 bits per heavy atom. The van der Waals surface area contributed by atoms with Gasteiger partial charge in [-0.2, -0.15) is 0 Å². The Labute approximate surface area is 124 Å². The number of halogens is 1. The molecule has 1 aliphatic rings. The molecular weight excluding hydrogens is 302 g/mol. The van der Waals surface area contributed by atoms with Crippen LogP contribution in [0.2, 0.25) is 0 Å². The van der Waals surface area contributed by atoms with Gasteiger partial charge in [-0.05, 0) is 36.5 Å². The van der Waals surface area contributed by atoms with Crippen LogP contribution >= 0.6 is 15.9 Å². The van der Waals surface area contributed by atoms with Crippen LogP contribution in [0, 0.1) is 5.92 Å². The largest absolute Gasteiger partial charge is 0.352 e. The minimum absolute atomic E-state index is 0.0505. The lowest BCUT2D eigenvalue weighted by Crippen LogP contribution is -2.41. The first kappa shape index (κ1) is 14.6. The van der Waals surface area contributed by atoms with Crippen LogP contribution in [-0.2, 0) is 10.2 Å². The summed E-state index contributed by atoms with van der Waals surface area (Å²) in [6, 6.07) is 8.67. The molecule has 19 heavy (non-hydrogen) atoms. The van der Waals surface area contributed by atoms with Gasteiger partial charge in [0.1, 0.15) is 0 Å². The number of rotatable bonds is 4. The molecule has 3 heteroatoms. The van der Waals surface area contributed by atoms with E-state index >= 15 is 0 Å². The standard InChI is InChI=1S/C16H22BrNO/c1-4-16(12-6-5-7-13(17)9-12)10-15(19)18-14(16)8-11(2)3/h5-7,9,11,14H,4,8,10H2,1-3H3,(H,18,19). The zero-order valence-corrected chi connectivity index (χ0v) is 13.5. The Bertz CT molecular complexity index is 472. The Hall–Kier alpha value is -0.830. The Morgan fingerprint density at radius 2 is 2.21 bits per heavy atom. The number of benzene rings is 1. The van der Waals surface area contributed by atoms with Gasteiger partial charge in [0.15, 0.2) is 0 Å². The van der Waals surface area contributed by atoms with E-state index in [9.17, 15) is 4.79 Å². The van der Waals surface area contributed by atoms with Crippen molar-refractivity contribution in [2.24, 2.45) is 5.92 Å². The van der Waals surface area contributed by atoms with Gasteiger partial charge in [0.05, 0.1) is 0 Å². The van der Waals surface area contributed by atoms with Crippen molar-refractivity contribution in [1.29, 1.82) is 0 Å². The third-order valence-corrected chi connectivity index (χ3v) is 4.71. The fourth-order valence-corrected chi connectivity index (χ4v) is 3.63. The van der Waals surface area contributed by atoms with E-state index in [4.69, 9.17) is 0 Å². The molecule has 104 valence electrons. The molecular formula is C16H22BrNO. The second-order valence-corrected chi connectivity index (χ2v) is 6.86. The first-order valence-corrected chi connectivity index (χ1v) is 7.82. The van der Waals surface area contributed by atoms with Crippen LogP contribution in [0.1, 0.15) is 45.6 Å². The van der Waals surface area contributed by atoms with E-state index in [1.54, 1.807) is 0 Å². The highest BCUT2D eigenvalue weighted by molar-refractivity contribution is 9.10. The lowest BCUT2D eigenvalue weighted by atomic mass is 9.70. The van der Waals surface area contributed by atoms with Crippen LogP contribution in [0.15, 0.2) is 28.7 Å². The minimum Gasteiger partial charge on any atom is -0.352 e. The van der Waals surface area contributed by atoms with Crippen LogP contribution in [-0.4, -0.2) is 11.9 Å². The SMILES string of the molecule is CCC1(c2cccc(Br)c2)CC(=O)NC1CC(C)C. The molecule has 2 rings (SSSR count). The topological polar surface area (TPSA) is 29.1 Å². The van der Waals surface area contributed by atoms with Gasteiger partial charge in [-0.1, -0.05) is 48.8 Å². The molecule has 1 saturated heterocycles. The molecule has 0 saturated carbocycles. The molecule has 2 nitrogen and oxygen atoms in total. The van der Waals surface area contributed by atoms with Crippen molar-refractivity contribution in [3.63, 3.8) is 0 Å². The number of carbonyl (C=O) groups excluding carboxylic acids is 1. The molecule has 0 spiro atoms. The summed E-state index contributed by atoms with van der Waals surface area (Å²) in [6.45, 7) is 6.62. The van der Waals surface area contributed by atoms with Crippen molar-refractivity contribution in [3.05, 3.63) is 34.3 Å². The molecule has 0 aliphatic carbocycles. The fraction of sp³-hybridized carbons (Fsp3) is 0.562. The molecule has 1 amide bonds. The zero-order chi connectivity index (χ0) is 14.0. The van der Waals surface area contributed by atoms with Crippen LogP contribution in [0.25, 0.3) is 0 Å². The van der Waals surface area contributed by atoms with Crippen LogP contribution in [0.4, 0.5) is 0 Å². The summed E-state index contributed by atoms with van der Waals surface area (Å²) in [6.07, 6.45) is 2.63. The van der Waals surface area contributed by atoms with Crippen molar-refractivity contribution in [1.82, 2.24) is 5.32 Å². The van der Waals surface area contributed by atoms with Crippen LogP contribution in [0.5, 0.6) is 0 Å². The average Bonchev–Trinajstić information content (AvgIpc) is 2.65. The summed E-state index contributed by atoms with van der Waals surface area (Å²) in [5, 5.41) is 3.19. The first-order valence-electron chi connectivity index (χ1n) is 7.03. The normalized spacial score (nSPS) is 26.8. The van der Waals surface area contributed by atoms with Gasteiger partial charge in [-0.3, -0.25) is 4.79 Å². The number of hydrogen-bond acceptors (Lipinski definition) is 1. The van der Waals surface area contributed by atoms with Gasteiger partial charge in [0.25, 0.3) is 0 Å². The lowest BCUT2D eigenvalue weighted by molar-refractivity contribution is -0.119. The average molecular weight is 324 g/mol. The summed E-state index contributed by atoms with van der Waals surface area (Å²) in [4.78, 5) is 11.9. The lowest BCUT2D eigenvalue weighted by Gasteiger charge is -2.35. The second-order valence-electron chi connectivity index (χ2n) is 5.95. The third kappa shape index (κ3) is 2.86. The van der Waals surface area contributed by atoms with Crippen molar-refractivity contribution < 1.29 is 4.79 Å². The van der Waals surface area contributed by atoms with Crippen molar-refractivity contribution in [2.45, 2.75) is 51.5 Å². The molecule has 0 bridgehead atoms. The third-order valence-electron chi connectivity index (χ3n) is 4.22. The molecule has 1 N–H and O–H groups in total. The molecule has 2 unspecified atom stereocenters. The Balaban J connectivity index is 2.41. The van der Waals surface area contributed by atoms with Crippen molar-refractivity contribution in [2.75, 3.05) is 0 Å². The Kier molecular flexibility index (Phi) is 4.34. The molecule has 1 fully saturated rings. The van der Waals surface area contributed by atoms with E-state index < -0.39 is 0 Å². The maximum atomic E-state index is 11.9. The van der Waals surface area contributed by atoms with Crippen molar-refractivity contribution in [3.8, 4) is 0 Å². The van der Waals surface area contributed by atoms with E-state index in [0.29, 0.717) is 12.3 Å². The quantitative estimate of drug-likeness (QED) is 0.890. The molecule has 2 atom stereocenters. The maximum Gasteiger partial charge on any atom is 0.221 e. The highest BCUT2D eigenvalue weighted by Gasteiger charge is 2.46. The van der Waals surface area contributed by atoms with Gasteiger partial charge in [-0.25, -0.2) is 0 Å². The summed E-state index contributed by atoms with van der Waals surface area (Å²) in [7, 11) is 0. The van der Waals surface area contributed by atoms with Crippen molar-refractivity contribution >= 4 is 21.8 Å². The fourth-order valence-electron chi connectivity index (χ4n) is 3.23. The van der Waals surface area contributed by atoms with E-state index in [-0.39, 0.29) is 17.4 Å². The van der Waals surface area contributed by atoms with E-state index in [1.807, 2.05) is 6.07 Å². The van der Waals surface area contributed by atoms with Gasteiger partial charge < -0.3 is 5.32 Å². The highest BCUT2D eigenvalue weighted by atomic mass is 79.9. The van der Waals surface area contributed by atoms with E-state index in [0.717, 1.165) is 17.3 Å². The van der Waals surface area contributed by atoms with Crippen LogP contribution < -0.4 is 5.32 Å². The van der Waals surface area contributed by atoms with Gasteiger partial charge in [0, 0.05) is 22.4 Å². The molecule has 1 aromatic rings. The number of amides is 1. The minimum atomic E-state index is -0.0505. The summed E-state index contributed by atoms with van der Waals surface area (Å²) >= 11 is 3.54. The smallest absolute Gasteiger partial charge is 0.221 e. The van der Waals surface area contributed by atoms with E-state index in [2.05, 4.69) is 60.2 Å². The summed E-state index contributed by atoms with van der Waals surface area (Å²) < 4.78 is 1.08. The van der Waals surface area contributed by atoms with Gasteiger partial charge in [0.2, 0.25) is 5.91 Å². The highest BCUT2D eigenvalue weighted by Crippen LogP contribution is 2.42. The molecule has 0 radical (unpaired) electrons. The predicted molar refractivity (Wildman–Crippen MR) is 82.1 cm³/mol. The van der Waals surface area contributed by atoms with Gasteiger partial charge in [-0.15, -0.1) is 0 Å². The number of hydrogen-bond donors (Lipinski definition) is 1. The summed E-state index contributed by atoms with van der Waals surface area (Å²) in [5.74, 6) is 0.772. The molecule has 1 aliphatic heterocycles. The zero-order valence-electron chi connectivity index (χ0n) is 11.9. The Morgan fingerprint density at radius 1 is 1.47 bits per heavy atom. The molecule has 0 aromatic heterocycles. The molecule has 1 aromatic carbocycles. The predicted octanol–water partition coefficient (Wildman–Crippen LogP) is 4.03. The van der Waals surface area contributed by atoms with Gasteiger partial charge >= 0.3 is 0 Å². The first-order chi connectivity index (χ1) is 8.98.